The number of amides is 1. The third kappa shape index (κ3) is 3.43. The quantitative estimate of drug-likeness (QED) is 0.557. The molecular formula is C21H29N5O2S. The Morgan fingerprint density at radius 1 is 1.34 bits per heavy atom. The van der Waals surface area contributed by atoms with Gasteiger partial charge in [0.2, 0.25) is 0 Å². The normalized spacial score (nSPS) is 22.9. The lowest BCUT2D eigenvalue weighted by Crippen LogP contribution is -2.51. The molecule has 4 N–H and O–H groups in total. The Hall–Kier alpha value is -2.35. The highest BCUT2D eigenvalue weighted by Crippen LogP contribution is 2.46. The second-order valence-electron chi connectivity index (χ2n) is 9.22. The number of fused-ring (bicyclic) bond motifs is 3. The summed E-state index contributed by atoms with van der Waals surface area (Å²) in [6.45, 7) is 10.5. The first-order valence-electron chi connectivity index (χ1n) is 10.1. The van der Waals surface area contributed by atoms with E-state index in [1.807, 2.05) is 6.92 Å². The van der Waals surface area contributed by atoms with E-state index in [2.05, 4.69) is 49.3 Å². The van der Waals surface area contributed by atoms with E-state index in [4.69, 9.17) is 15.5 Å². The summed E-state index contributed by atoms with van der Waals surface area (Å²) in [4.78, 5) is 17.2. The van der Waals surface area contributed by atoms with Crippen molar-refractivity contribution in [2.75, 3.05) is 5.32 Å². The summed E-state index contributed by atoms with van der Waals surface area (Å²) < 4.78 is 6.76. The van der Waals surface area contributed by atoms with Gasteiger partial charge in [-0.15, -0.1) is 11.3 Å². The van der Waals surface area contributed by atoms with Gasteiger partial charge in [-0.25, -0.2) is 9.78 Å². The Balaban J connectivity index is 1.56. The number of pyridine rings is 1. The maximum Gasteiger partial charge on any atom is 0.405 e. The second kappa shape index (κ2) is 6.86. The zero-order chi connectivity index (χ0) is 21.0. The third-order valence-corrected chi connectivity index (χ3v) is 7.37. The predicted molar refractivity (Wildman–Crippen MR) is 117 cm³/mol. The summed E-state index contributed by atoms with van der Waals surface area (Å²) >= 11 is 1.67. The molecule has 0 bridgehead atoms. The minimum absolute atomic E-state index is 0.168. The molecule has 0 unspecified atom stereocenters. The van der Waals surface area contributed by atoms with Crippen LogP contribution in [0.2, 0.25) is 0 Å². The number of ether oxygens (including phenoxy) is 1. The summed E-state index contributed by atoms with van der Waals surface area (Å²) in [5, 5.41) is 12.5. The SMILES string of the molecule is Cc1cc(C)c2c(n1)sc1c(NC3CCC(OC(N)=O)(C(C)(C)C)CC3)n[nH]c12. The number of nitrogens with one attached hydrogen (secondary N) is 2. The molecule has 4 rings (SSSR count). The van der Waals surface area contributed by atoms with Crippen LogP contribution in [0, 0.1) is 19.3 Å². The van der Waals surface area contributed by atoms with Gasteiger partial charge >= 0.3 is 6.09 Å². The number of rotatable bonds is 3. The number of carbonyl (C=O) groups excluding carboxylic acids is 1. The highest BCUT2D eigenvalue weighted by molar-refractivity contribution is 7.26. The van der Waals surface area contributed by atoms with Gasteiger partial charge in [-0.1, -0.05) is 20.8 Å². The first kappa shape index (κ1) is 19.9. The van der Waals surface area contributed by atoms with Crippen LogP contribution in [0.3, 0.4) is 0 Å². The lowest BCUT2D eigenvalue weighted by molar-refractivity contribution is -0.0904. The van der Waals surface area contributed by atoms with E-state index in [1.54, 1.807) is 11.3 Å². The maximum atomic E-state index is 11.5. The molecule has 29 heavy (non-hydrogen) atoms. The van der Waals surface area contributed by atoms with E-state index in [0.29, 0.717) is 0 Å². The van der Waals surface area contributed by atoms with Crippen LogP contribution in [0.5, 0.6) is 0 Å². The van der Waals surface area contributed by atoms with Crippen molar-refractivity contribution in [2.24, 2.45) is 11.1 Å². The summed E-state index contributed by atoms with van der Waals surface area (Å²) in [5.74, 6) is 0.879. The Labute approximate surface area is 174 Å². The van der Waals surface area contributed by atoms with Crippen LogP contribution in [0.25, 0.3) is 20.4 Å². The molecular weight excluding hydrogens is 386 g/mol. The van der Waals surface area contributed by atoms with Crippen molar-refractivity contribution in [3.8, 4) is 0 Å². The highest BCUT2D eigenvalue weighted by atomic mass is 32.1. The standard InChI is InChI=1S/C21H29N5O2S/c1-11-10-12(2)23-18-14(11)15-16(29-18)17(26-25-15)24-13-6-8-21(9-7-13,20(3,4)5)28-19(22)27/h10,13H,6-9H2,1-5H3,(H2,22,27)(H2,24,25,26). The number of aromatic amines is 1. The molecule has 7 nitrogen and oxygen atoms in total. The van der Waals surface area contributed by atoms with Crippen molar-refractivity contribution in [3.63, 3.8) is 0 Å². The number of H-pyrrole nitrogens is 1. The zero-order valence-electron chi connectivity index (χ0n) is 17.7. The van der Waals surface area contributed by atoms with Gasteiger partial charge in [0.1, 0.15) is 10.4 Å². The highest BCUT2D eigenvalue weighted by Gasteiger charge is 2.47. The molecule has 3 heterocycles. The Morgan fingerprint density at radius 3 is 2.66 bits per heavy atom. The number of primary amides is 1. The molecule has 0 radical (unpaired) electrons. The van der Waals surface area contributed by atoms with E-state index in [1.165, 1.54) is 5.56 Å². The van der Waals surface area contributed by atoms with Crippen molar-refractivity contribution in [2.45, 2.75) is 71.9 Å². The molecule has 1 aliphatic carbocycles. The number of nitrogens with two attached hydrogens (primary N) is 1. The molecule has 8 heteroatoms. The largest absolute Gasteiger partial charge is 0.443 e. The summed E-state index contributed by atoms with van der Waals surface area (Å²) in [6.07, 6.45) is 2.64. The zero-order valence-corrected chi connectivity index (χ0v) is 18.5. The number of aryl methyl sites for hydroxylation is 2. The first-order chi connectivity index (χ1) is 13.6. The van der Waals surface area contributed by atoms with Crippen LogP contribution in [0.15, 0.2) is 6.07 Å². The minimum Gasteiger partial charge on any atom is -0.443 e. The smallest absolute Gasteiger partial charge is 0.405 e. The molecule has 0 atom stereocenters. The topological polar surface area (TPSA) is 106 Å². The van der Waals surface area contributed by atoms with Crippen LogP contribution >= 0.6 is 11.3 Å². The summed E-state index contributed by atoms with van der Waals surface area (Å²) in [5.41, 5.74) is 7.98. The van der Waals surface area contributed by atoms with Crippen LogP contribution < -0.4 is 11.1 Å². The monoisotopic (exact) mass is 415 g/mol. The Morgan fingerprint density at radius 2 is 2.03 bits per heavy atom. The molecule has 1 amide bonds. The van der Waals surface area contributed by atoms with Gasteiger partial charge in [0.15, 0.2) is 5.82 Å². The third-order valence-electron chi connectivity index (χ3n) is 6.28. The van der Waals surface area contributed by atoms with Gasteiger partial charge in [0.05, 0.1) is 10.2 Å². The van der Waals surface area contributed by atoms with Gasteiger partial charge in [-0.3, -0.25) is 5.10 Å². The number of aromatic nitrogens is 3. The molecule has 0 aliphatic heterocycles. The van der Waals surface area contributed by atoms with E-state index in [0.717, 1.165) is 57.6 Å². The molecule has 3 aromatic heterocycles. The molecule has 1 fully saturated rings. The van der Waals surface area contributed by atoms with Crippen molar-refractivity contribution in [3.05, 3.63) is 17.3 Å². The first-order valence-corrected chi connectivity index (χ1v) is 10.9. The van der Waals surface area contributed by atoms with Crippen LogP contribution in [0.1, 0.15) is 57.7 Å². The van der Waals surface area contributed by atoms with E-state index in [9.17, 15) is 4.79 Å². The fraction of sp³-hybridized carbons (Fsp3) is 0.571. The van der Waals surface area contributed by atoms with Crippen molar-refractivity contribution in [1.82, 2.24) is 15.2 Å². The van der Waals surface area contributed by atoms with E-state index >= 15 is 0 Å². The van der Waals surface area contributed by atoms with E-state index in [-0.39, 0.29) is 11.5 Å². The number of anilines is 1. The number of hydrogen-bond donors (Lipinski definition) is 3. The molecule has 1 aliphatic rings. The molecule has 0 spiro atoms. The van der Waals surface area contributed by atoms with Crippen LogP contribution in [0.4, 0.5) is 10.6 Å². The van der Waals surface area contributed by atoms with Crippen LogP contribution in [-0.2, 0) is 4.74 Å². The minimum atomic E-state index is -0.691. The fourth-order valence-electron chi connectivity index (χ4n) is 4.60. The average molecular weight is 416 g/mol. The Kier molecular flexibility index (Phi) is 4.72. The lowest BCUT2D eigenvalue weighted by Gasteiger charge is -2.47. The number of nitrogens with zero attached hydrogens (tertiary/aromatic N) is 2. The van der Waals surface area contributed by atoms with Gasteiger partial charge in [0, 0.05) is 22.5 Å². The lowest BCUT2D eigenvalue weighted by atomic mass is 9.67. The summed E-state index contributed by atoms with van der Waals surface area (Å²) in [6, 6.07) is 2.38. The Bertz CT molecular complexity index is 1070. The molecule has 156 valence electrons. The number of thiophene rings is 1. The van der Waals surface area contributed by atoms with Crippen molar-refractivity contribution >= 4 is 43.7 Å². The van der Waals surface area contributed by atoms with Gasteiger partial charge in [-0.2, -0.15) is 5.10 Å². The summed E-state index contributed by atoms with van der Waals surface area (Å²) in [7, 11) is 0. The molecule has 0 saturated heterocycles. The van der Waals surface area contributed by atoms with Crippen molar-refractivity contribution in [1.29, 1.82) is 0 Å². The van der Waals surface area contributed by atoms with Gasteiger partial charge in [0.25, 0.3) is 0 Å². The average Bonchev–Trinajstić information content (AvgIpc) is 3.14. The van der Waals surface area contributed by atoms with Gasteiger partial charge in [-0.05, 0) is 51.2 Å². The second-order valence-corrected chi connectivity index (χ2v) is 10.2. The van der Waals surface area contributed by atoms with Crippen LogP contribution in [-0.4, -0.2) is 32.9 Å². The molecule has 1 saturated carbocycles. The number of carbonyl (C=O) groups is 1. The van der Waals surface area contributed by atoms with E-state index < -0.39 is 11.7 Å². The van der Waals surface area contributed by atoms with Crippen molar-refractivity contribution < 1.29 is 9.53 Å². The maximum absolute atomic E-state index is 11.5. The molecule has 3 aromatic rings. The number of hydrogen-bond acceptors (Lipinski definition) is 6. The van der Waals surface area contributed by atoms with Gasteiger partial charge < -0.3 is 15.8 Å². The molecule has 0 aromatic carbocycles. The fourth-order valence-corrected chi connectivity index (χ4v) is 5.79. The predicted octanol–water partition coefficient (Wildman–Crippen LogP) is 5.02.